The second kappa shape index (κ2) is 7.86. The molecule has 1 aromatic carbocycles. The van der Waals surface area contributed by atoms with Crippen molar-refractivity contribution in [2.75, 3.05) is 24.5 Å². The number of nitrogens with two attached hydrogens (primary N) is 1. The predicted octanol–water partition coefficient (Wildman–Crippen LogP) is 2.16. The molecule has 1 aliphatic rings. The summed E-state index contributed by atoms with van der Waals surface area (Å²) in [4.78, 5) is 13.8. The fourth-order valence-electron chi connectivity index (χ4n) is 2.31. The Hall–Kier alpha value is -0.780. The molecule has 4 nitrogen and oxygen atoms in total. The Morgan fingerprint density at radius 1 is 1.60 bits per heavy atom. The smallest absolute Gasteiger partial charge is 0.236 e. The minimum Gasteiger partial charge on any atom is -0.371 e. The Kier molecular flexibility index (Phi) is 6.79. The van der Waals surface area contributed by atoms with E-state index in [0.717, 1.165) is 24.0 Å². The molecule has 6 heteroatoms. The van der Waals surface area contributed by atoms with Crippen molar-refractivity contribution in [2.24, 2.45) is 11.7 Å². The summed E-state index contributed by atoms with van der Waals surface area (Å²) in [7, 11) is 0. The van der Waals surface area contributed by atoms with Gasteiger partial charge in [0.2, 0.25) is 5.91 Å². The first-order valence-electron chi connectivity index (χ1n) is 6.60. The highest BCUT2D eigenvalue weighted by atomic mass is 79.9. The van der Waals surface area contributed by atoms with Crippen LogP contribution in [0.5, 0.6) is 0 Å². The van der Waals surface area contributed by atoms with E-state index in [2.05, 4.69) is 38.3 Å². The van der Waals surface area contributed by atoms with E-state index < -0.39 is 6.04 Å². The number of amides is 1. The Labute approximate surface area is 134 Å². The molecule has 0 aromatic heterocycles. The van der Waals surface area contributed by atoms with Crippen LogP contribution in [0, 0.1) is 5.92 Å². The topological polar surface area (TPSA) is 58.4 Å². The molecule has 3 N–H and O–H groups in total. The van der Waals surface area contributed by atoms with Gasteiger partial charge in [-0.2, -0.15) is 0 Å². The fraction of sp³-hybridized carbons (Fsp3) is 0.500. The monoisotopic (exact) mass is 361 g/mol. The van der Waals surface area contributed by atoms with Crippen LogP contribution in [0.3, 0.4) is 0 Å². The Morgan fingerprint density at radius 2 is 2.35 bits per heavy atom. The third kappa shape index (κ3) is 4.65. The molecule has 1 saturated heterocycles. The van der Waals surface area contributed by atoms with E-state index in [0.29, 0.717) is 12.5 Å². The van der Waals surface area contributed by atoms with Crippen LogP contribution in [0.1, 0.15) is 13.3 Å². The largest absolute Gasteiger partial charge is 0.371 e. The van der Waals surface area contributed by atoms with Crippen LogP contribution in [-0.2, 0) is 4.79 Å². The summed E-state index contributed by atoms with van der Waals surface area (Å²) in [5.41, 5.74) is 6.76. The molecule has 0 saturated carbocycles. The van der Waals surface area contributed by atoms with Gasteiger partial charge in [0.25, 0.3) is 0 Å². The quantitative estimate of drug-likeness (QED) is 0.863. The second-order valence-corrected chi connectivity index (χ2v) is 6.03. The number of carbonyl (C=O) groups excluding carboxylic acids is 1. The van der Waals surface area contributed by atoms with Gasteiger partial charge >= 0.3 is 0 Å². The average molecular weight is 363 g/mol. The molecule has 2 unspecified atom stereocenters. The first-order chi connectivity index (χ1) is 9.06. The van der Waals surface area contributed by atoms with Crippen LogP contribution in [-0.4, -0.2) is 31.6 Å². The highest BCUT2D eigenvalue weighted by molar-refractivity contribution is 9.10. The molecule has 0 bridgehead atoms. The lowest BCUT2D eigenvalue weighted by atomic mass is 10.1. The van der Waals surface area contributed by atoms with E-state index in [-0.39, 0.29) is 18.3 Å². The van der Waals surface area contributed by atoms with Gasteiger partial charge in [-0.15, -0.1) is 12.4 Å². The van der Waals surface area contributed by atoms with Crippen molar-refractivity contribution in [2.45, 2.75) is 19.4 Å². The van der Waals surface area contributed by atoms with Gasteiger partial charge in [0, 0.05) is 29.8 Å². The lowest BCUT2D eigenvalue weighted by molar-refractivity contribution is -0.122. The Bertz CT molecular complexity index is 456. The van der Waals surface area contributed by atoms with Gasteiger partial charge in [-0.05, 0) is 37.5 Å². The van der Waals surface area contributed by atoms with Crippen molar-refractivity contribution < 1.29 is 4.79 Å². The zero-order valence-electron chi connectivity index (χ0n) is 11.5. The summed E-state index contributed by atoms with van der Waals surface area (Å²) in [6, 6.07) is 7.89. The van der Waals surface area contributed by atoms with Crippen LogP contribution in [0.15, 0.2) is 28.7 Å². The normalized spacial score (nSPS) is 19.4. The average Bonchev–Trinajstić information content (AvgIpc) is 2.84. The molecule has 1 aliphatic heterocycles. The molecule has 20 heavy (non-hydrogen) atoms. The van der Waals surface area contributed by atoms with Crippen molar-refractivity contribution in [1.29, 1.82) is 0 Å². The maximum atomic E-state index is 11.4. The molecule has 0 spiro atoms. The molecule has 1 amide bonds. The minimum absolute atomic E-state index is 0. The van der Waals surface area contributed by atoms with Gasteiger partial charge < -0.3 is 16.0 Å². The van der Waals surface area contributed by atoms with Crippen molar-refractivity contribution in [3.8, 4) is 0 Å². The van der Waals surface area contributed by atoms with E-state index in [1.807, 2.05) is 12.1 Å². The van der Waals surface area contributed by atoms with E-state index in [4.69, 9.17) is 5.73 Å². The van der Waals surface area contributed by atoms with E-state index in [1.165, 1.54) is 5.69 Å². The van der Waals surface area contributed by atoms with Gasteiger partial charge in [-0.1, -0.05) is 22.0 Å². The number of hydrogen-bond donors (Lipinski definition) is 2. The standard InChI is InChI=1S/C14H20BrN3O.ClH/c1-10(16)14(19)17-8-11-5-6-18(9-11)13-4-2-3-12(15)7-13;/h2-4,7,10-11H,5-6,8-9,16H2,1H3,(H,17,19);1H. The molecule has 1 fully saturated rings. The molecular weight excluding hydrogens is 342 g/mol. The highest BCUT2D eigenvalue weighted by Crippen LogP contribution is 2.25. The van der Waals surface area contributed by atoms with Crippen molar-refractivity contribution in [3.63, 3.8) is 0 Å². The Morgan fingerprint density at radius 3 is 3.00 bits per heavy atom. The highest BCUT2D eigenvalue weighted by Gasteiger charge is 2.23. The lowest BCUT2D eigenvalue weighted by Gasteiger charge is -2.19. The number of anilines is 1. The van der Waals surface area contributed by atoms with Crippen molar-refractivity contribution in [3.05, 3.63) is 28.7 Å². The third-order valence-electron chi connectivity index (χ3n) is 3.44. The van der Waals surface area contributed by atoms with Crippen LogP contribution < -0.4 is 16.0 Å². The van der Waals surface area contributed by atoms with Crippen LogP contribution in [0.4, 0.5) is 5.69 Å². The van der Waals surface area contributed by atoms with Crippen molar-refractivity contribution in [1.82, 2.24) is 5.32 Å². The number of carbonyl (C=O) groups is 1. The van der Waals surface area contributed by atoms with Gasteiger partial charge in [-0.3, -0.25) is 4.79 Å². The maximum absolute atomic E-state index is 11.4. The molecule has 0 radical (unpaired) electrons. The summed E-state index contributed by atoms with van der Waals surface area (Å²) in [6.07, 6.45) is 1.10. The number of benzene rings is 1. The number of rotatable bonds is 4. The van der Waals surface area contributed by atoms with Crippen LogP contribution in [0.2, 0.25) is 0 Å². The molecule has 1 aromatic rings. The molecule has 112 valence electrons. The number of nitrogens with zero attached hydrogens (tertiary/aromatic N) is 1. The second-order valence-electron chi connectivity index (χ2n) is 5.11. The van der Waals surface area contributed by atoms with Gasteiger partial charge in [0.1, 0.15) is 0 Å². The third-order valence-corrected chi connectivity index (χ3v) is 3.93. The fourth-order valence-corrected chi connectivity index (χ4v) is 2.70. The number of hydrogen-bond acceptors (Lipinski definition) is 3. The van der Waals surface area contributed by atoms with Gasteiger partial charge in [0.15, 0.2) is 0 Å². The van der Waals surface area contributed by atoms with E-state index in [1.54, 1.807) is 6.92 Å². The Balaban J connectivity index is 0.00000200. The lowest BCUT2D eigenvalue weighted by Crippen LogP contribution is -2.40. The predicted molar refractivity (Wildman–Crippen MR) is 88.4 cm³/mol. The number of nitrogens with one attached hydrogen (secondary N) is 1. The van der Waals surface area contributed by atoms with Crippen LogP contribution >= 0.6 is 28.3 Å². The van der Waals surface area contributed by atoms with E-state index >= 15 is 0 Å². The molecule has 1 heterocycles. The molecular formula is C14H21BrClN3O. The number of halogens is 2. The van der Waals surface area contributed by atoms with Gasteiger partial charge in [-0.25, -0.2) is 0 Å². The first kappa shape index (κ1) is 17.3. The van der Waals surface area contributed by atoms with E-state index in [9.17, 15) is 4.79 Å². The van der Waals surface area contributed by atoms with Crippen molar-refractivity contribution >= 4 is 39.9 Å². The zero-order chi connectivity index (χ0) is 13.8. The van der Waals surface area contributed by atoms with Gasteiger partial charge in [0.05, 0.1) is 6.04 Å². The molecule has 2 rings (SSSR count). The summed E-state index contributed by atoms with van der Waals surface area (Å²) in [5.74, 6) is 0.433. The molecule has 2 atom stereocenters. The summed E-state index contributed by atoms with van der Waals surface area (Å²) >= 11 is 3.49. The SMILES string of the molecule is CC(N)C(=O)NCC1CCN(c2cccc(Br)c2)C1.Cl. The summed E-state index contributed by atoms with van der Waals surface area (Å²) in [6.45, 7) is 4.44. The minimum atomic E-state index is -0.428. The summed E-state index contributed by atoms with van der Waals surface area (Å²) in [5, 5.41) is 2.91. The van der Waals surface area contributed by atoms with Crippen LogP contribution in [0.25, 0.3) is 0 Å². The molecule has 0 aliphatic carbocycles. The summed E-state index contributed by atoms with van der Waals surface area (Å²) < 4.78 is 1.10. The first-order valence-corrected chi connectivity index (χ1v) is 7.39. The zero-order valence-corrected chi connectivity index (χ0v) is 13.9. The maximum Gasteiger partial charge on any atom is 0.236 e.